The first-order valence-electron chi connectivity index (χ1n) is 6.38. The molecule has 0 aliphatic carbocycles. The van der Waals surface area contributed by atoms with Crippen LogP contribution in [0.5, 0.6) is 11.5 Å². The smallest absolute Gasteiger partial charge is 0.128 e. The number of nitrogens with zero attached hydrogens (tertiary/aromatic N) is 1. The lowest BCUT2D eigenvalue weighted by molar-refractivity contribution is 0.217. The molecule has 0 fully saturated rings. The van der Waals surface area contributed by atoms with Gasteiger partial charge in [0.05, 0.1) is 6.21 Å². The van der Waals surface area contributed by atoms with E-state index < -0.39 is 0 Å². The number of ether oxygens (including phenoxy) is 2. The van der Waals surface area contributed by atoms with Crippen molar-refractivity contribution in [1.82, 2.24) is 0 Å². The zero-order valence-electron chi connectivity index (χ0n) is 11.3. The Bertz CT molecular complexity index is 581. The summed E-state index contributed by atoms with van der Waals surface area (Å²) in [6.45, 7) is 2.89. The van der Waals surface area contributed by atoms with E-state index in [1.165, 1.54) is 6.21 Å². The largest absolute Gasteiger partial charge is 0.490 e. The molecule has 4 heteroatoms. The van der Waals surface area contributed by atoms with Crippen LogP contribution in [-0.2, 0) is 0 Å². The van der Waals surface area contributed by atoms with Gasteiger partial charge in [0.25, 0.3) is 0 Å². The highest BCUT2D eigenvalue weighted by Gasteiger charge is 2.01. The topological polar surface area (TPSA) is 51.0 Å². The molecule has 4 nitrogen and oxygen atoms in total. The maximum Gasteiger partial charge on any atom is 0.128 e. The Balaban J connectivity index is 1.84. The zero-order valence-corrected chi connectivity index (χ0v) is 11.3. The number of hydrogen-bond acceptors (Lipinski definition) is 4. The SMILES string of the molecule is Cc1cccc(OCCOc2ccccc2C=NO)c1. The van der Waals surface area contributed by atoms with E-state index >= 15 is 0 Å². The van der Waals surface area contributed by atoms with E-state index in [-0.39, 0.29) is 0 Å². The lowest BCUT2D eigenvalue weighted by Gasteiger charge is -2.10. The Hall–Kier alpha value is -2.49. The van der Waals surface area contributed by atoms with Gasteiger partial charge in [-0.1, -0.05) is 29.4 Å². The minimum Gasteiger partial charge on any atom is -0.490 e. The molecule has 0 atom stereocenters. The number of hydrogen-bond donors (Lipinski definition) is 1. The van der Waals surface area contributed by atoms with Crippen molar-refractivity contribution < 1.29 is 14.7 Å². The van der Waals surface area contributed by atoms with Crippen molar-refractivity contribution in [3.63, 3.8) is 0 Å². The summed E-state index contributed by atoms with van der Waals surface area (Å²) in [5.41, 5.74) is 1.89. The Morgan fingerprint density at radius 3 is 2.65 bits per heavy atom. The zero-order chi connectivity index (χ0) is 14.2. The highest BCUT2D eigenvalue weighted by molar-refractivity contribution is 5.82. The Morgan fingerprint density at radius 2 is 1.85 bits per heavy atom. The maximum atomic E-state index is 8.58. The van der Waals surface area contributed by atoms with Crippen LogP contribution >= 0.6 is 0 Å². The molecule has 0 aromatic heterocycles. The second kappa shape index (κ2) is 7.19. The number of para-hydroxylation sites is 1. The van der Waals surface area contributed by atoms with Gasteiger partial charge in [0.2, 0.25) is 0 Å². The standard InChI is InChI=1S/C16H17NO3/c1-13-5-4-7-15(11-13)19-9-10-20-16-8-3-2-6-14(16)12-17-18/h2-8,11-12,18H,9-10H2,1H3. The molecule has 2 aromatic carbocycles. The van der Waals surface area contributed by atoms with Gasteiger partial charge in [0.15, 0.2) is 0 Å². The Labute approximate surface area is 118 Å². The van der Waals surface area contributed by atoms with E-state index in [0.29, 0.717) is 19.0 Å². The lowest BCUT2D eigenvalue weighted by Crippen LogP contribution is -2.10. The molecular weight excluding hydrogens is 254 g/mol. The van der Waals surface area contributed by atoms with Gasteiger partial charge in [0, 0.05) is 5.56 Å². The first kappa shape index (κ1) is 13.9. The van der Waals surface area contributed by atoms with Gasteiger partial charge in [0.1, 0.15) is 24.7 Å². The molecule has 2 aromatic rings. The second-order valence-corrected chi connectivity index (χ2v) is 4.30. The monoisotopic (exact) mass is 271 g/mol. The highest BCUT2D eigenvalue weighted by atomic mass is 16.5. The van der Waals surface area contributed by atoms with Gasteiger partial charge < -0.3 is 14.7 Å². The van der Waals surface area contributed by atoms with Crippen LogP contribution in [0, 0.1) is 6.92 Å². The summed E-state index contributed by atoms with van der Waals surface area (Å²) in [4.78, 5) is 0. The van der Waals surface area contributed by atoms with Gasteiger partial charge in [-0.15, -0.1) is 0 Å². The van der Waals surface area contributed by atoms with Crippen molar-refractivity contribution in [3.8, 4) is 11.5 Å². The van der Waals surface area contributed by atoms with Gasteiger partial charge in [-0.05, 0) is 36.8 Å². The van der Waals surface area contributed by atoms with E-state index in [2.05, 4.69) is 5.16 Å². The van der Waals surface area contributed by atoms with Crippen LogP contribution in [0.3, 0.4) is 0 Å². The molecule has 0 spiro atoms. The molecule has 104 valence electrons. The van der Waals surface area contributed by atoms with Crippen LogP contribution in [0.1, 0.15) is 11.1 Å². The van der Waals surface area contributed by atoms with Crippen LogP contribution in [0.15, 0.2) is 53.7 Å². The lowest BCUT2D eigenvalue weighted by atomic mass is 10.2. The van der Waals surface area contributed by atoms with E-state index in [1.807, 2.05) is 55.5 Å². The number of aryl methyl sites for hydroxylation is 1. The van der Waals surface area contributed by atoms with Crippen molar-refractivity contribution in [1.29, 1.82) is 0 Å². The summed E-state index contributed by atoms with van der Waals surface area (Å²) in [6, 6.07) is 15.2. The third kappa shape index (κ3) is 4.02. The molecule has 0 unspecified atom stereocenters. The molecular formula is C16H17NO3. The van der Waals surface area contributed by atoms with Crippen molar-refractivity contribution in [2.24, 2.45) is 5.16 Å². The minimum absolute atomic E-state index is 0.421. The third-order valence-electron chi connectivity index (χ3n) is 2.71. The molecule has 0 saturated heterocycles. The quantitative estimate of drug-likeness (QED) is 0.380. The third-order valence-corrected chi connectivity index (χ3v) is 2.71. The van der Waals surface area contributed by atoms with Crippen LogP contribution < -0.4 is 9.47 Å². The van der Waals surface area contributed by atoms with Crippen LogP contribution in [0.2, 0.25) is 0 Å². The first-order chi connectivity index (χ1) is 9.79. The highest BCUT2D eigenvalue weighted by Crippen LogP contribution is 2.16. The summed E-state index contributed by atoms with van der Waals surface area (Å²) in [6.07, 6.45) is 1.34. The number of rotatable bonds is 6. The van der Waals surface area contributed by atoms with Gasteiger partial charge in [-0.25, -0.2) is 0 Å². The molecule has 2 rings (SSSR count). The van der Waals surface area contributed by atoms with Crippen molar-refractivity contribution in [2.75, 3.05) is 13.2 Å². The van der Waals surface area contributed by atoms with Crippen LogP contribution in [0.25, 0.3) is 0 Å². The fourth-order valence-electron chi connectivity index (χ4n) is 1.80. The summed E-state index contributed by atoms with van der Waals surface area (Å²) < 4.78 is 11.2. The molecule has 1 N–H and O–H groups in total. The predicted molar refractivity (Wildman–Crippen MR) is 78.0 cm³/mol. The van der Waals surface area contributed by atoms with Gasteiger partial charge in [-0.3, -0.25) is 0 Å². The molecule has 0 amide bonds. The Kier molecular flexibility index (Phi) is 5.00. The predicted octanol–water partition coefficient (Wildman–Crippen LogP) is 3.26. The summed E-state index contributed by atoms with van der Waals surface area (Å²) in [7, 11) is 0. The molecule has 0 aliphatic heterocycles. The fraction of sp³-hybridized carbons (Fsp3) is 0.188. The normalized spacial score (nSPS) is 10.7. The number of oxime groups is 1. The maximum absolute atomic E-state index is 8.58. The molecule has 20 heavy (non-hydrogen) atoms. The van der Waals surface area contributed by atoms with Crippen LogP contribution in [0.4, 0.5) is 0 Å². The Morgan fingerprint density at radius 1 is 1.05 bits per heavy atom. The van der Waals surface area contributed by atoms with Gasteiger partial charge >= 0.3 is 0 Å². The van der Waals surface area contributed by atoms with Gasteiger partial charge in [-0.2, -0.15) is 0 Å². The van der Waals surface area contributed by atoms with E-state index in [1.54, 1.807) is 0 Å². The van der Waals surface area contributed by atoms with Crippen molar-refractivity contribution >= 4 is 6.21 Å². The van der Waals surface area contributed by atoms with E-state index in [4.69, 9.17) is 14.7 Å². The van der Waals surface area contributed by atoms with E-state index in [0.717, 1.165) is 16.9 Å². The first-order valence-corrected chi connectivity index (χ1v) is 6.38. The average Bonchev–Trinajstić information content (AvgIpc) is 2.46. The summed E-state index contributed by atoms with van der Waals surface area (Å²) in [5.74, 6) is 1.50. The summed E-state index contributed by atoms with van der Waals surface area (Å²) in [5, 5.41) is 11.6. The number of benzene rings is 2. The van der Waals surface area contributed by atoms with E-state index in [9.17, 15) is 0 Å². The molecule has 0 saturated carbocycles. The molecule has 0 radical (unpaired) electrons. The minimum atomic E-state index is 0.421. The molecule has 0 aliphatic rings. The van der Waals surface area contributed by atoms with Crippen LogP contribution in [-0.4, -0.2) is 24.6 Å². The second-order valence-electron chi connectivity index (χ2n) is 4.30. The molecule has 0 bridgehead atoms. The fourth-order valence-corrected chi connectivity index (χ4v) is 1.80. The summed E-state index contributed by atoms with van der Waals surface area (Å²) >= 11 is 0. The molecule has 0 heterocycles. The van der Waals surface area contributed by atoms with Crippen molar-refractivity contribution in [2.45, 2.75) is 6.92 Å². The van der Waals surface area contributed by atoms with Crippen molar-refractivity contribution in [3.05, 3.63) is 59.7 Å². The average molecular weight is 271 g/mol.